The third-order valence-electron chi connectivity index (χ3n) is 4.47. The third kappa shape index (κ3) is 4.28. The van der Waals surface area contributed by atoms with Gasteiger partial charge in [0.15, 0.2) is 5.84 Å². The number of hydrogen-bond donors (Lipinski definition) is 5. The van der Waals surface area contributed by atoms with E-state index in [1.54, 1.807) is 4.90 Å². The van der Waals surface area contributed by atoms with Crippen LogP contribution in [-0.2, 0) is 21.0 Å². The Balaban J connectivity index is 2.73. The zero-order valence-corrected chi connectivity index (χ0v) is 15.3. The van der Waals surface area contributed by atoms with E-state index in [9.17, 15) is 26.4 Å². The molecule has 1 saturated heterocycles. The quantitative estimate of drug-likeness (QED) is 0.180. The predicted octanol–water partition coefficient (Wildman–Crippen LogP) is -0.862. The van der Waals surface area contributed by atoms with Gasteiger partial charge in [-0.2, -0.15) is 18.3 Å². The van der Waals surface area contributed by atoms with Crippen molar-refractivity contribution in [3.8, 4) is 0 Å². The van der Waals surface area contributed by atoms with Gasteiger partial charge < -0.3 is 21.9 Å². The van der Waals surface area contributed by atoms with Crippen LogP contribution >= 0.6 is 0 Å². The fraction of sp³-hybridized carbons (Fsp3) is 0.429. The van der Waals surface area contributed by atoms with E-state index in [-0.39, 0.29) is 24.7 Å². The molecule has 0 aliphatic carbocycles. The number of hydrazone groups is 1. The molecule has 2 rings (SSSR count). The molecule has 1 aliphatic rings. The zero-order valence-electron chi connectivity index (χ0n) is 14.5. The molecule has 1 aromatic carbocycles. The Morgan fingerprint density at radius 2 is 1.82 bits per heavy atom. The number of amides is 1. The van der Waals surface area contributed by atoms with Crippen LogP contribution in [0.3, 0.4) is 0 Å². The number of rotatable bonds is 4. The number of carbonyl (C=O) groups excluding carboxylic acids is 1. The van der Waals surface area contributed by atoms with Crippen LogP contribution in [-0.4, -0.2) is 33.3 Å². The van der Waals surface area contributed by atoms with E-state index < -0.39 is 44.0 Å². The lowest BCUT2D eigenvalue weighted by atomic mass is 9.95. The van der Waals surface area contributed by atoms with Crippen LogP contribution in [0.25, 0.3) is 0 Å². The van der Waals surface area contributed by atoms with Crippen molar-refractivity contribution in [2.24, 2.45) is 33.6 Å². The van der Waals surface area contributed by atoms with Gasteiger partial charge in [0.2, 0.25) is 15.9 Å². The number of anilines is 1. The Morgan fingerprint density at radius 1 is 1.25 bits per heavy atom. The van der Waals surface area contributed by atoms with Gasteiger partial charge in [0.05, 0.1) is 11.1 Å². The van der Waals surface area contributed by atoms with Gasteiger partial charge in [-0.1, -0.05) is 0 Å². The minimum atomic E-state index is -5.01. The van der Waals surface area contributed by atoms with Gasteiger partial charge in [0, 0.05) is 24.7 Å². The van der Waals surface area contributed by atoms with E-state index in [0.717, 1.165) is 6.07 Å². The average molecular weight is 423 g/mol. The van der Waals surface area contributed by atoms with Crippen LogP contribution in [0.15, 0.2) is 22.1 Å². The molecule has 1 aromatic rings. The molecule has 0 radical (unpaired) electrons. The van der Waals surface area contributed by atoms with Crippen molar-refractivity contribution in [3.05, 3.63) is 23.3 Å². The smallest absolute Gasteiger partial charge is 0.371 e. The molecule has 0 atom stereocenters. The van der Waals surface area contributed by atoms with Crippen molar-refractivity contribution in [2.45, 2.75) is 23.9 Å². The van der Waals surface area contributed by atoms with Crippen LogP contribution in [0.5, 0.6) is 0 Å². The summed E-state index contributed by atoms with van der Waals surface area (Å²) in [7, 11) is -4.85. The van der Waals surface area contributed by atoms with E-state index in [4.69, 9.17) is 22.6 Å². The van der Waals surface area contributed by atoms with Crippen LogP contribution in [0.4, 0.5) is 18.9 Å². The number of nitrogens with one attached hydrogen (secondary N) is 1. The molecule has 28 heavy (non-hydrogen) atoms. The zero-order chi connectivity index (χ0) is 21.3. The molecule has 1 aliphatic heterocycles. The summed E-state index contributed by atoms with van der Waals surface area (Å²) in [5.41, 5.74) is 5.38. The van der Waals surface area contributed by atoms with Crippen molar-refractivity contribution in [1.29, 1.82) is 0 Å². The fourth-order valence-corrected chi connectivity index (χ4v) is 4.14. The first kappa shape index (κ1) is 21.7. The summed E-state index contributed by atoms with van der Waals surface area (Å²) in [5, 5.41) is 8.36. The highest BCUT2D eigenvalue weighted by atomic mass is 32.2. The standard InChI is InChI=1S/C14H20F3N7O3S/c15-14(16,17)8-1-2-9(24-5-3-7(4-6-24)12(18)25)10(13(22-19)23-20)11(8)28(21,26)27/h1-2,7H,3-6,19-20H2,(H2,18,25)(H,22,23)(H2,21,26,27). The highest BCUT2D eigenvalue weighted by Gasteiger charge is 2.40. The Labute approximate surface area is 158 Å². The first-order valence-electron chi connectivity index (χ1n) is 7.98. The summed E-state index contributed by atoms with van der Waals surface area (Å²) in [6.07, 6.45) is -4.33. The maximum Gasteiger partial charge on any atom is 0.417 e. The van der Waals surface area contributed by atoms with Crippen LogP contribution in [0, 0.1) is 5.92 Å². The fourth-order valence-electron chi connectivity index (χ4n) is 3.16. The van der Waals surface area contributed by atoms with Crippen molar-refractivity contribution < 1.29 is 26.4 Å². The molecular formula is C14H20F3N7O3S. The highest BCUT2D eigenvalue weighted by molar-refractivity contribution is 7.89. The molecule has 0 bridgehead atoms. The molecule has 10 nitrogen and oxygen atoms in total. The molecule has 0 saturated carbocycles. The Hall–Kier alpha value is -2.58. The number of amidine groups is 1. The van der Waals surface area contributed by atoms with Gasteiger partial charge in [-0.25, -0.2) is 19.4 Å². The number of primary amides is 1. The largest absolute Gasteiger partial charge is 0.417 e. The number of sulfonamides is 1. The monoisotopic (exact) mass is 423 g/mol. The molecule has 0 unspecified atom stereocenters. The molecule has 14 heteroatoms. The topological polar surface area (TPSA) is 183 Å². The van der Waals surface area contributed by atoms with Crippen LogP contribution < -0.4 is 32.9 Å². The maximum atomic E-state index is 13.4. The molecular weight excluding hydrogens is 403 g/mol. The average Bonchev–Trinajstić information content (AvgIpc) is 2.60. The SMILES string of the molecule is N/N=C(\NN)c1c(N2CCC(C(N)=O)CC2)ccc(C(F)(F)F)c1S(N)(=O)=O. The number of primary sulfonamides is 1. The lowest BCUT2D eigenvalue weighted by Crippen LogP contribution is -2.41. The van der Waals surface area contributed by atoms with Gasteiger partial charge in [0.1, 0.15) is 4.90 Å². The van der Waals surface area contributed by atoms with Gasteiger partial charge >= 0.3 is 6.18 Å². The Kier molecular flexibility index (Phi) is 6.06. The maximum absolute atomic E-state index is 13.4. The van der Waals surface area contributed by atoms with E-state index in [1.165, 1.54) is 0 Å². The summed E-state index contributed by atoms with van der Waals surface area (Å²) in [6, 6.07) is 1.70. The number of nitrogens with zero attached hydrogens (tertiary/aromatic N) is 2. The summed E-state index contributed by atoms with van der Waals surface area (Å²) in [6.45, 7) is 0.469. The second kappa shape index (κ2) is 7.81. The number of hydrazine groups is 1. The first-order chi connectivity index (χ1) is 12.9. The summed E-state index contributed by atoms with van der Waals surface area (Å²) >= 11 is 0. The second-order valence-corrected chi connectivity index (χ2v) is 7.66. The number of alkyl halides is 3. The van der Waals surface area contributed by atoms with Crippen molar-refractivity contribution in [3.63, 3.8) is 0 Å². The van der Waals surface area contributed by atoms with Crippen molar-refractivity contribution in [1.82, 2.24) is 5.43 Å². The predicted molar refractivity (Wildman–Crippen MR) is 95.0 cm³/mol. The third-order valence-corrected chi connectivity index (χ3v) is 5.46. The van der Waals surface area contributed by atoms with Crippen LogP contribution in [0.2, 0.25) is 0 Å². The lowest BCUT2D eigenvalue weighted by Gasteiger charge is -2.34. The minimum Gasteiger partial charge on any atom is -0.371 e. The van der Waals surface area contributed by atoms with E-state index >= 15 is 0 Å². The Bertz CT molecular complexity index is 894. The number of nitrogens with two attached hydrogens (primary N) is 4. The highest BCUT2D eigenvalue weighted by Crippen LogP contribution is 2.39. The number of piperidine rings is 1. The van der Waals surface area contributed by atoms with E-state index in [2.05, 4.69) is 5.10 Å². The summed E-state index contributed by atoms with van der Waals surface area (Å²) in [5.74, 6) is 9.12. The Morgan fingerprint density at radius 3 is 2.21 bits per heavy atom. The van der Waals surface area contributed by atoms with Crippen molar-refractivity contribution >= 4 is 27.5 Å². The molecule has 0 aromatic heterocycles. The molecule has 9 N–H and O–H groups in total. The summed E-state index contributed by atoms with van der Waals surface area (Å²) < 4.78 is 64.4. The van der Waals surface area contributed by atoms with E-state index in [0.29, 0.717) is 18.9 Å². The lowest BCUT2D eigenvalue weighted by molar-refractivity contribution is -0.139. The van der Waals surface area contributed by atoms with Gasteiger partial charge in [-0.05, 0) is 25.0 Å². The molecule has 156 valence electrons. The van der Waals surface area contributed by atoms with Crippen molar-refractivity contribution in [2.75, 3.05) is 18.0 Å². The number of hydrogen-bond acceptors (Lipinski definition) is 7. The van der Waals surface area contributed by atoms with Gasteiger partial charge in [-0.15, -0.1) is 0 Å². The molecule has 1 heterocycles. The normalized spacial score (nSPS) is 16.9. The van der Waals surface area contributed by atoms with Gasteiger partial charge in [-0.3, -0.25) is 4.79 Å². The summed E-state index contributed by atoms with van der Waals surface area (Å²) in [4.78, 5) is 11.7. The van der Waals surface area contributed by atoms with Crippen LogP contribution in [0.1, 0.15) is 24.0 Å². The molecule has 0 spiro atoms. The first-order valence-corrected chi connectivity index (χ1v) is 9.52. The number of carbonyl (C=O) groups is 1. The van der Waals surface area contributed by atoms with Gasteiger partial charge in [0.25, 0.3) is 0 Å². The minimum absolute atomic E-state index is 0.0714. The number of halogens is 3. The molecule has 1 fully saturated rings. The van der Waals surface area contributed by atoms with E-state index in [1.807, 2.05) is 5.43 Å². The molecule has 1 amide bonds. The second-order valence-electron chi connectivity index (χ2n) is 6.16. The number of benzene rings is 1.